The smallest absolute Gasteiger partial charge is 0.255 e. The molecule has 0 bridgehead atoms. The van der Waals surface area contributed by atoms with Crippen LogP contribution in [-0.2, 0) is 0 Å². The Morgan fingerprint density at radius 2 is 2.26 bits per heavy atom. The molecule has 1 aliphatic heterocycles. The molecule has 104 valence electrons. The molecule has 1 aromatic heterocycles. The van der Waals surface area contributed by atoms with E-state index in [0.717, 1.165) is 25.4 Å². The number of nitrogens with one attached hydrogen (secondary N) is 1. The Bertz CT molecular complexity index is 427. The van der Waals surface area contributed by atoms with E-state index in [0.29, 0.717) is 17.9 Å². The van der Waals surface area contributed by atoms with Gasteiger partial charge in [-0.25, -0.2) is 4.98 Å². The maximum atomic E-state index is 11.9. The summed E-state index contributed by atoms with van der Waals surface area (Å²) in [6.07, 6.45) is 5.08. The lowest BCUT2D eigenvalue weighted by Crippen LogP contribution is -2.32. The molecule has 2 heterocycles. The monoisotopic (exact) mass is 262 g/mol. The van der Waals surface area contributed by atoms with Gasteiger partial charge in [0, 0.05) is 12.7 Å². The molecule has 0 atom stereocenters. The average Bonchev–Trinajstić information content (AvgIpc) is 2.41. The van der Waals surface area contributed by atoms with Crippen molar-refractivity contribution in [1.29, 1.82) is 0 Å². The standard InChI is InChI=1S/C14H22N4O/c1-18-9-5-11(6-10-18)4-8-17-14(19)12-3-2-7-16-13(12)15/h2-3,7,11H,4-6,8-10H2,1H3,(H2,15,16)(H,17,19). The number of carbonyl (C=O) groups is 1. The minimum Gasteiger partial charge on any atom is -0.383 e. The van der Waals surface area contributed by atoms with Crippen LogP contribution in [0.4, 0.5) is 5.82 Å². The largest absolute Gasteiger partial charge is 0.383 e. The number of pyridine rings is 1. The average molecular weight is 262 g/mol. The molecule has 0 saturated carbocycles. The van der Waals surface area contributed by atoms with E-state index in [1.165, 1.54) is 12.8 Å². The number of anilines is 1. The molecule has 1 aliphatic rings. The van der Waals surface area contributed by atoms with Crippen LogP contribution in [0.5, 0.6) is 0 Å². The van der Waals surface area contributed by atoms with E-state index in [2.05, 4.69) is 22.2 Å². The zero-order valence-corrected chi connectivity index (χ0v) is 11.4. The second-order valence-corrected chi connectivity index (χ2v) is 5.23. The summed E-state index contributed by atoms with van der Waals surface area (Å²) in [7, 11) is 2.16. The highest BCUT2D eigenvalue weighted by atomic mass is 16.1. The number of nitrogen functional groups attached to an aromatic ring is 1. The maximum absolute atomic E-state index is 11.9. The second-order valence-electron chi connectivity index (χ2n) is 5.23. The summed E-state index contributed by atoms with van der Waals surface area (Å²) in [5.74, 6) is 0.889. The normalized spacial score (nSPS) is 17.3. The van der Waals surface area contributed by atoms with Crippen LogP contribution in [0.15, 0.2) is 18.3 Å². The molecule has 2 rings (SSSR count). The van der Waals surface area contributed by atoms with Gasteiger partial charge in [0.25, 0.3) is 5.91 Å². The van der Waals surface area contributed by atoms with Crippen LogP contribution in [0.3, 0.4) is 0 Å². The molecule has 0 spiro atoms. The van der Waals surface area contributed by atoms with E-state index in [4.69, 9.17) is 5.73 Å². The van der Waals surface area contributed by atoms with Gasteiger partial charge in [-0.15, -0.1) is 0 Å². The number of amides is 1. The highest BCUT2D eigenvalue weighted by Gasteiger charge is 2.17. The van der Waals surface area contributed by atoms with E-state index in [1.54, 1.807) is 18.3 Å². The predicted molar refractivity (Wildman–Crippen MR) is 75.8 cm³/mol. The molecule has 1 fully saturated rings. The summed E-state index contributed by atoms with van der Waals surface area (Å²) in [4.78, 5) is 18.2. The lowest BCUT2D eigenvalue weighted by atomic mass is 9.94. The number of nitrogens with two attached hydrogens (primary N) is 1. The van der Waals surface area contributed by atoms with Crippen LogP contribution in [-0.4, -0.2) is 42.5 Å². The van der Waals surface area contributed by atoms with Crippen molar-refractivity contribution in [2.24, 2.45) is 5.92 Å². The van der Waals surface area contributed by atoms with E-state index in [9.17, 15) is 4.79 Å². The van der Waals surface area contributed by atoms with Crippen molar-refractivity contribution in [2.75, 3.05) is 32.4 Å². The SMILES string of the molecule is CN1CCC(CCNC(=O)c2cccnc2N)CC1. The van der Waals surface area contributed by atoms with E-state index < -0.39 is 0 Å². The topological polar surface area (TPSA) is 71.2 Å². The molecule has 5 heteroatoms. The van der Waals surface area contributed by atoms with Gasteiger partial charge in [-0.1, -0.05) is 0 Å². The van der Waals surface area contributed by atoms with Gasteiger partial charge in [0.2, 0.25) is 0 Å². The van der Waals surface area contributed by atoms with Crippen LogP contribution in [0.25, 0.3) is 0 Å². The zero-order valence-electron chi connectivity index (χ0n) is 11.4. The minimum atomic E-state index is -0.126. The number of carbonyl (C=O) groups excluding carboxylic acids is 1. The Hall–Kier alpha value is -1.62. The van der Waals surface area contributed by atoms with E-state index in [1.807, 2.05) is 0 Å². The second kappa shape index (κ2) is 6.52. The fourth-order valence-electron chi connectivity index (χ4n) is 2.45. The highest BCUT2D eigenvalue weighted by Crippen LogP contribution is 2.18. The fourth-order valence-corrected chi connectivity index (χ4v) is 2.45. The first-order valence-electron chi connectivity index (χ1n) is 6.84. The van der Waals surface area contributed by atoms with Gasteiger partial charge in [0.15, 0.2) is 0 Å². The van der Waals surface area contributed by atoms with Crippen LogP contribution >= 0.6 is 0 Å². The number of nitrogens with zero attached hydrogens (tertiary/aromatic N) is 2. The number of rotatable bonds is 4. The third-order valence-corrected chi connectivity index (χ3v) is 3.76. The van der Waals surface area contributed by atoms with Crippen molar-refractivity contribution in [3.05, 3.63) is 23.9 Å². The van der Waals surface area contributed by atoms with Gasteiger partial charge >= 0.3 is 0 Å². The summed E-state index contributed by atoms with van der Waals surface area (Å²) in [6, 6.07) is 3.43. The van der Waals surface area contributed by atoms with Crippen LogP contribution in [0.1, 0.15) is 29.6 Å². The highest BCUT2D eigenvalue weighted by molar-refractivity contribution is 5.98. The van der Waals surface area contributed by atoms with Gasteiger partial charge in [0.05, 0.1) is 5.56 Å². The zero-order chi connectivity index (χ0) is 13.7. The molecular formula is C14H22N4O. The predicted octanol–water partition coefficient (Wildman–Crippen LogP) is 1.13. The third-order valence-electron chi connectivity index (χ3n) is 3.76. The first kappa shape index (κ1) is 13.8. The van der Waals surface area contributed by atoms with Crippen molar-refractivity contribution in [1.82, 2.24) is 15.2 Å². The van der Waals surface area contributed by atoms with Gasteiger partial charge in [0.1, 0.15) is 5.82 Å². The Morgan fingerprint density at radius 3 is 2.95 bits per heavy atom. The maximum Gasteiger partial charge on any atom is 0.255 e. The van der Waals surface area contributed by atoms with Crippen molar-refractivity contribution in [2.45, 2.75) is 19.3 Å². The van der Waals surface area contributed by atoms with Gasteiger partial charge in [-0.2, -0.15) is 0 Å². The molecule has 1 amide bonds. The van der Waals surface area contributed by atoms with Crippen LogP contribution in [0, 0.1) is 5.92 Å². The number of hydrogen-bond donors (Lipinski definition) is 2. The molecular weight excluding hydrogens is 240 g/mol. The van der Waals surface area contributed by atoms with E-state index in [-0.39, 0.29) is 5.91 Å². The summed E-state index contributed by atoms with van der Waals surface area (Å²) in [6.45, 7) is 3.03. The van der Waals surface area contributed by atoms with Gasteiger partial charge in [-0.3, -0.25) is 4.79 Å². The number of aromatic nitrogens is 1. The van der Waals surface area contributed by atoms with Crippen molar-refractivity contribution in [3.8, 4) is 0 Å². The summed E-state index contributed by atoms with van der Waals surface area (Å²) in [5, 5.41) is 2.93. The molecule has 0 unspecified atom stereocenters. The first-order chi connectivity index (χ1) is 9.16. The van der Waals surface area contributed by atoms with Gasteiger partial charge < -0.3 is 16.0 Å². The lowest BCUT2D eigenvalue weighted by molar-refractivity contribution is 0.0949. The Kier molecular flexibility index (Phi) is 4.74. The third kappa shape index (κ3) is 3.92. The van der Waals surface area contributed by atoms with Crippen LogP contribution in [0.2, 0.25) is 0 Å². The van der Waals surface area contributed by atoms with Crippen molar-refractivity contribution in [3.63, 3.8) is 0 Å². The first-order valence-corrected chi connectivity index (χ1v) is 6.84. The Balaban J connectivity index is 1.74. The number of likely N-dealkylation sites (tertiary alicyclic amines) is 1. The Labute approximate surface area is 114 Å². The number of hydrogen-bond acceptors (Lipinski definition) is 4. The lowest BCUT2D eigenvalue weighted by Gasteiger charge is -2.28. The summed E-state index contributed by atoms with van der Waals surface area (Å²) in [5.41, 5.74) is 6.14. The molecule has 1 saturated heterocycles. The Morgan fingerprint density at radius 1 is 1.53 bits per heavy atom. The molecule has 0 aliphatic carbocycles. The molecule has 19 heavy (non-hydrogen) atoms. The van der Waals surface area contributed by atoms with Gasteiger partial charge in [-0.05, 0) is 57.5 Å². The molecule has 3 N–H and O–H groups in total. The van der Waals surface area contributed by atoms with Crippen molar-refractivity contribution < 1.29 is 4.79 Å². The minimum absolute atomic E-state index is 0.126. The quantitative estimate of drug-likeness (QED) is 0.853. The molecule has 1 aromatic rings. The molecule has 5 nitrogen and oxygen atoms in total. The number of piperidine rings is 1. The van der Waals surface area contributed by atoms with Crippen molar-refractivity contribution >= 4 is 11.7 Å². The summed E-state index contributed by atoms with van der Waals surface area (Å²) >= 11 is 0. The van der Waals surface area contributed by atoms with E-state index >= 15 is 0 Å². The van der Waals surface area contributed by atoms with Crippen LogP contribution < -0.4 is 11.1 Å². The summed E-state index contributed by atoms with van der Waals surface area (Å²) < 4.78 is 0. The molecule has 0 radical (unpaired) electrons. The fraction of sp³-hybridized carbons (Fsp3) is 0.571. The molecule has 0 aromatic carbocycles.